The molecule has 4 aromatic rings. The van der Waals surface area contributed by atoms with E-state index in [-0.39, 0.29) is 23.2 Å². The number of carbonyl (C=O) groups is 1. The molecule has 10 heteroatoms. The Balaban J connectivity index is 1.41. The number of fused-ring (bicyclic) bond motifs is 1. The van der Waals surface area contributed by atoms with Crippen molar-refractivity contribution in [1.82, 2.24) is 24.4 Å². The molecule has 42 heavy (non-hydrogen) atoms. The van der Waals surface area contributed by atoms with E-state index in [1.165, 1.54) is 12.1 Å². The number of hydrogen-bond donors (Lipinski definition) is 1. The van der Waals surface area contributed by atoms with Gasteiger partial charge in [0.25, 0.3) is 5.91 Å². The number of halogens is 3. The average Bonchev–Trinajstić information content (AvgIpc) is 3.36. The van der Waals surface area contributed by atoms with Crippen LogP contribution in [-0.4, -0.2) is 63.5 Å². The van der Waals surface area contributed by atoms with E-state index < -0.39 is 17.6 Å². The molecule has 5 rings (SSSR count). The lowest BCUT2D eigenvalue weighted by Crippen LogP contribution is -2.44. The minimum absolute atomic E-state index is 0.0822. The number of alkyl halides is 3. The van der Waals surface area contributed by atoms with Crippen molar-refractivity contribution in [1.29, 1.82) is 0 Å². The summed E-state index contributed by atoms with van der Waals surface area (Å²) in [6.07, 6.45) is -1.27. The molecule has 1 aliphatic rings. The van der Waals surface area contributed by atoms with Crippen LogP contribution in [0.15, 0.2) is 60.9 Å². The maximum absolute atomic E-state index is 14.0. The van der Waals surface area contributed by atoms with Gasteiger partial charge in [-0.05, 0) is 65.9 Å². The first-order valence-electron chi connectivity index (χ1n) is 13.8. The zero-order valence-electron chi connectivity index (χ0n) is 24.1. The smallest absolute Gasteiger partial charge is 0.322 e. The monoisotopic (exact) mass is 574 g/mol. The predicted octanol–water partition coefficient (Wildman–Crippen LogP) is 5.45. The van der Waals surface area contributed by atoms with Crippen molar-refractivity contribution in [2.45, 2.75) is 38.9 Å². The van der Waals surface area contributed by atoms with Crippen LogP contribution in [0.25, 0.3) is 5.65 Å². The number of carbonyl (C=O) groups excluding carboxylic acids is 1. The highest BCUT2D eigenvalue weighted by Crippen LogP contribution is 2.35. The van der Waals surface area contributed by atoms with Crippen molar-refractivity contribution >= 4 is 17.2 Å². The molecule has 0 radical (unpaired) electrons. The number of nitrogens with one attached hydrogen (secondary N) is 1. The maximum Gasteiger partial charge on any atom is 0.416 e. The zero-order valence-corrected chi connectivity index (χ0v) is 24.1. The van der Waals surface area contributed by atoms with Gasteiger partial charge in [-0.2, -0.15) is 18.3 Å². The second-order valence-electron chi connectivity index (χ2n) is 11.6. The van der Waals surface area contributed by atoms with Gasteiger partial charge in [-0.1, -0.05) is 38.8 Å². The van der Waals surface area contributed by atoms with Gasteiger partial charge in [0, 0.05) is 55.7 Å². The minimum Gasteiger partial charge on any atom is -0.322 e. The molecular weight excluding hydrogens is 541 g/mol. The Morgan fingerprint density at radius 2 is 1.74 bits per heavy atom. The molecule has 1 fully saturated rings. The number of amides is 1. The molecule has 7 nitrogen and oxygen atoms in total. The molecule has 3 heterocycles. The summed E-state index contributed by atoms with van der Waals surface area (Å²) in [7, 11) is 2.00. The first-order chi connectivity index (χ1) is 19.9. The molecule has 0 bridgehead atoms. The first-order valence-corrected chi connectivity index (χ1v) is 13.8. The Labute approximate surface area is 243 Å². The molecule has 2 aromatic heterocycles. The van der Waals surface area contributed by atoms with Crippen molar-refractivity contribution < 1.29 is 18.0 Å². The fourth-order valence-electron chi connectivity index (χ4n) is 4.99. The molecule has 0 spiro atoms. The quantitative estimate of drug-likeness (QED) is 0.329. The third-order valence-electron chi connectivity index (χ3n) is 7.36. The molecule has 218 valence electrons. The van der Waals surface area contributed by atoms with Gasteiger partial charge in [0.05, 0.1) is 11.8 Å². The van der Waals surface area contributed by atoms with E-state index in [1.807, 2.05) is 44.9 Å². The van der Waals surface area contributed by atoms with Crippen LogP contribution in [0.5, 0.6) is 0 Å². The molecule has 0 atom stereocenters. The van der Waals surface area contributed by atoms with Gasteiger partial charge in [-0.15, -0.1) is 0 Å². The average molecular weight is 575 g/mol. The van der Waals surface area contributed by atoms with Gasteiger partial charge in [0.15, 0.2) is 5.65 Å². The van der Waals surface area contributed by atoms with Crippen molar-refractivity contribution in [3.63, 3.8) is 0 Å². The molecule has 0 aliphatic carbocycles. The summed E-state index contributed by atoms with van der Waals surface area (Å²) in [5, 5.41) is 6.94. The van der Waals surface area contributed by atoms with Crippen LogP contribution in [0.4, 0.5) is 18.9 Å². The summed E-state index contributed by atoms with van der Waals surface area (Å²) in [4.78, 5) is 21.7. The van der Waals surface area contributed by atoms with E-state index in [1.54, 1.807) is 35.1 Å². The first kappa shape index (κ1) is 29.3. The van der Waals surface area contributed by atoms with Crippen LogP contribution < -0.4 is 5.32 Å². The number of aromatic nitrogens is 3. The summed E-state index contributed by atoms with van der Waals surface area (Å²) in [5.74, 6) is 5.75. The normalized spacial score (nSPS) is 14.9. The minimum atomic E-state index is -4.55. The standard InChI is InChI=1S/C32H33F3N6O/c1-31(2,3)27-12-9-23(18-22(27)8-11-26-20-36-29-6-5-13-37-41(26)29)30(42)38-25-10-7-24(28(19-25)32(33,34)35)21-40-16-14-39(4)15-17-40/h5-7,9-10,12-13,18-20H,14-17,21H2,1-4H3,(H,38,42). The van der Waals surface area contributed by atoms with E-state index in [4.69, 9.17) is 0 Å². The van der Waals surface area contributed by atoms with E-state index in [2.05, 4.69) is 32.1 Å². The van der Waals surface area contributed by atoms with E-state index in [0.29, 0.717) is 35.6 Å². The Hall–Kier alpha value is -4.20. The molecule has 1 aliphatic heterocycles. The topological polar surface area (TPSA) is 65.8 Å². The number of nitrogens with zero attached hydrogens (tertiary/aromatic N) is 5. The molecule has 0 saturated carbocycles. The Kier molecular flexibility index (Phi) is 8.08. The lowest BCUT2D eigenvalue weighted by Gasteiger charge is -2.33. The molecule has 1 amide bonds. The number of benzene rings is 2. The third-order valence-corrected chi connectivity index (χ3v) is 7.36. The van der Waals surface area contributed by atoms with Gasteiger partial charge in [-0.3, -0.25) is 9.69 Å². The SMILES string of the molecule is CN1CCN(Cc2ccc(NC(=O)c3ccc(C(C)(C)C)c(C#Cc4cnc5cccnn45)c3)cc2C(F)(F)F)CC1. The van der Waals surface area contributed by atoms with Crippen LogP contribution in [0, 0.1) is 11.8 Å². The second-order valence-corrected chi connectivity index (χ2v) is 11.6. The van der Waals surface area contributed by atoms with Crippen molar-refractivity contribution in [2.75, 3.05) is 38.5 Å². The lowest BCUT2D eigenvalue weighted by molar-refractivity contribution is -0.138. The summed E-state index contributed by atoms with van der Waals surface area (Å²) >= 11 is 0. The molecular formula is C32H33F3N6O. The fourth-order valence-corrected chi connectivity index (χ4v) is 4.99. The van der Waals surface area contributed by atoms with Crippen LogP contribution >= 0.6 is 0 Å². The maximum atomic E-state index is 14.0. The molecule has 0 unspecified atom stereocenters. The summed E-state index contributed by atoms with van der Waals surface area (Å²) in [5.41, 5.74) is 2.39. The van der Waals surface area contributed by atoms with E-state index in [9.17, 15) is 18.0 Å². The zero-order chi connectivity index (χ0) is 30.1. The van der Waals surface area contributed by atoms with Crippen LogP contribution in [0.2, 0.25) is 0 Å². The Morgan fingerprint density at radius 3 is 2.45 bits per heavy atom. The van der Waals surface area contributed by atoms with E-state index in [0.717, 1.165) is 24.7 Å². The number of imidazole rings is 1. The van der Waals surface area contributed by atoms with Gasteiger partial charge in [0.2, 0.25) is 0 Å². The highest BCUT2D eigenvalue weighted by atomic mass is 19.4. The summed E-state index contributed by atoms with van der Waals surface area (Å²) < 4.78 is 43.8. The van der Waals surface area contributed by atoms with Crippen LogP contribution in [0.1, 0.15) is 59.1 Å². The molecule has 2 aromatic carbocycles. The van der Waals surface area contributed by atoms with Crippen molar-refractivity contribution in [2.24, 2.45) is 0 Å². The van der Waals surface area contributed by atoms with Crippen molar-refractivity contribution in [3.05, 3.63) is 94.4 Å². The van der Waals surface area contributed by atoms with Gasteiger partial charge in [-0.25, -0.2) is 9.50 Å². The second kappa shape index (κ2) is 11.6. The number of rotatable bonds is 4. The largest absolute Gasteiger partial charge is 0.416 e. The highest BCUT2D eigenvalue weighted by molar-refractivity contribution is 6.04. The number of piperazine rings is 1. The fraction of sp³-hybridized carbons (Fsp3) is 0.344. The summed E-state index contributed by atoms with van der Waals surface area (Å²) in [6.45, 7) is 9.38. The number of hydrogen-bond acceptors (Lipinski definition) is 5. The molecule has 1 N–H and O–H groups in total. The lowest BCUT2D eigenvalue weighted by atomic mass is 9.83. The Bertz CT molecular complexity index is 1670. The number of anilines is 1. The Morgan fingerprint density at radius 1 is 0.976 bits per heavy atom. The summed E-state index contributed by atoms with van der Waals surface area (Å²) in [6, 6.07) is 12.8. The van der Waals surface area contributed by atoms with Gasteiger partial charge in [0.1, 0.15) is 5.69 Å². The third kappa shape index (κ3) is 6.64. The predicted molar refractivity (Wildman–Crippen MR) is 156 cm³/mol. The molecule has 1 saturated heterocycles. The van der Waals surface area contributed by atoms with Crippen LogP contribution in [-0.2, 0) is 18.1 Å². The van der Waals surface area contributed by atoms with Gasteiger partial charge < -0.3 is 10.2 Å². The highest BCUT2D eigenvalue weighted by Gasteiger charge is 2.34. The van der Waals surface area contributed by atoms with Crippen LogP contribution in [0.3, 0.4) is 0 Å². The van der Waals surface area contributed by atoms with Gasteiger partial charge >= 0.3 is 6.18 Å². The van der Waals surface area contributed by atoms with Crippen molar-refractivity contribution in [3.8, 4) is 11.8 Å². The van der Waals surface area contributed by atoms with E-state index >= 15 is 0 Å². The number of likely N-dealkylation sites (N-methyl/N-ethyl adjacent to an activating group) is 1.